The van der Waals surface area contributed by atoms with Crippen molar-refractivity contribution in [3.8, 4) is 5.75 Å². The number of ether oxygens (including phenoxy) is 1. The van der Waals surface area contributed by atoms with Crippen LogP contribution in [0.15, 0.2) is 48.5 Å². The molecular formula is C16H15F3N2O2. The molecule has 0 atom stereocenters. The summed E-state index contributed by atoms with van der Waals surface area (Å²) in [5.41, 5.74) is 1.35. The van der Waals surface area contributed by atoms with E-state index in [0.717, 1.165) is 5.56 Å². The van der Waals surface area contributed by atoms with E-state index in [-0.39, 0.29) is 11.6 Å². The van der Waals surface area contributed by atoms with Crippen molar-refractivity contribution in [2.75, 3.05) is 11.9 Å². The summed E-state index contributed by atoms with van der Waals surface area (Å²) in [6.45, 7) is -2.51. The molecule has 0 fully saturated rings. The van der Waals surface area contributed by atoms with Crippen LogP contribution in [0, 0.1) is 5.82 Å². The van der Waals surface area contributed by atoms with Gasteiger partial charge in [0.25, 0.3) is 0 Å². The number of carbonyl (C=O) groups is 1. The largest absolute Gasteiger partial charge is 0.435 e. The van der Waals surface area contributed by atoms with Crippen molar-refractivity contribution in [3.63, 3.8) is 0 Å². The van der Waals surface area contributed by atoms with Gasteiger partial charge in [-0.25, -0.2) is 9.18 Å². The van der Waals surface area contributed by atoms with Crippen molar-refractivity contribution in [1.29, 1.82) is 0 Å². The van der Waals surface area contributed by atoms with E-state index >= 15 is 0 Å². The molecule has 0 unspecified atom stereocenters. The molecule has 0 spiro atoms. The van der Waals surface area contributed by atoms with E-state index in [9.17, 15) is 18.0 Å². The average Bonchev–Trinajstić information content (AvgIpc) is 2.51. The molecule has 0 radical (unpaired) electrons. The van der Waals surface area contributed by atoms with E-state index in [1.807, 2.05) is 0 Å². The summed E-state index contributed by atoms with van der Waals surface area (Å²) in [4.78, 5) is 11.7. The number of rotatable bonds is 6. The first kappa shape index (κ1) is 16.7. The first-order chi connectivity index (χ1) is 11.0. The number of amides is 2. The highest BCUT2D eigenvalue weighted by Gasteiger charge is 2.05. The number of anilines is 1. The maximum Gasteiger partial charge on any atom is 0.387 e. The van der Waals surface area contributed by atoms with Crippen molar-refractivity contribution >= 4 is 11.7 Å². The van der Waals surface area contributed by atoms with E-state index in [1.54, 1.807) is 12.1 Å². The predicted molar refractivity (Wildman–Crippen MR) is 80.2 cm³/mol. The molecule has 0 saturated heterocycles. The van der Waals surface area contributed by atoms with Gasteiger partial charge in [0.05, 0.1) is 0 Å². The van der Waals surface area contributed by atoms with Crippen LogP contribution in [0.3, 0.4) is 0 Å². The van der Waals surface area contributed by atoms with E-state index in [2.05, 4.69) is 15.4 Å². The molecule has 23 heavy (non-hydrogen) atoms. The van der Waals surface area contributed by atoms with Gasteiger partial charge < -0.3 is 15.4 Å². The molecule has 2 N–H and O–H groups in total. The number of carbonyl (C=O) groups excluding carboxylic acids is 1. The lowest BCUT2D eigenvalue weighted by atomic mass is 10.1. The second kappa shape index (κ2) is 8.07. The van der Waals surface area contributed by atoms with Crippen molar-refractivity contribution in [1.82, 2.24) is 5.32 Å². The molecule has 2 aromatic carbocycles. The quantitative estimate of drug-likeness (QED) is 0.849. The van der Waals surface area contributed by atoms with E-state index in [4.69, 9.17) is 0 Å². The lowest BCUT2D eigenvalue weighted by molar-refractivity contribution is -0.0498. The Bertz CT molecular complexity index is 631. The maximum absolute atomic E-state index is 12.7. The summed E-state index contributed by atoms with van der Waals surface area (Å²) < 4.78 is 41.0. The SMILES string of the molecule is O=C(NCCc1ccc(F)cc1)Nc1ccc(OC(F)F)cc1. The lowest BCUT2D eigenvalue weighted by Crippen LogP contribution is -2.30. The van der Waals surface area contributed by atoms with Crippen LogP contribution in [-0.2, 0) is 6.42 Å². The average molecular weight is 324 g/mol. The predicted octanol–water partition coefficient (Wildman–Crippen LogP) is 3.79. The zero-order valence-electron chi connectivity index (χ0n) is 12.1. The highest BCUT2D eigenvalue weighted by molar-refractivity contribution is 5.89. The highest BCUT2D eigenvalue weighted by Crippen LogP contribution is 2.17. The van der Waals surface area contributed by atoms with Crippen LogP contribution in [0.4, 0.5) is 23.7 Å². The summed E-state index contributed by atoms with van der Waals surface area (Å²) in [6, 6.07) is 11.2. The summed E-state index contributed by atoms with van der Waals surface area (Å²) in [7, 11) is 0. The summed E-state index contributed by atoms with van der Waals surface area (Å²) in [5, 5.41) is 5.21. The topological polar surface area (TPSA) is 50.4 Å². The minimum absolute atomic E-state index is 0.0160. The Morgan fingerprint density at radius 2 is 1.70 bits per heavy atom. The summed E-state index contributed by atoms with van der Waals surface area (Å²) >= 11 is 0. The molecule has 0 saturated carbocycles. The standard InChI is InChI=1S/C16H15F3N2O2/c17-12-3-1-11(2-4-12)9-10-20-16(22)21-13-5-7-14(8-6-13)23-15(18)19/h1-8,15H,9-10H2,(H2,20,21,22). The van der Waals surface area contributed by atoms with E-state index in [1.165, 1.54) is 36.4 Å². The molecule has 7 heteroatoms. The van der Waals surface area contributed by atoms with Gasteiger partial charge >= 0.3 is 12.6 Å². The fraction of sp³-hybridized carbons (Fsp3) is 0.188. The number of hydrogen-bond donors (Lipinski definition) is 2. The molecule has 122 valence electrons. The van der Waals surface area contributed by atoms with Gasteiger partial charge in [-0.1, -0.05) is 12.1 Å². The van der Waals surface area contributed by atoms with Crippen molar-refractivity contribution in [2.45, 2.75) is 13.0 Å². The Hall–Kier alpha value is -2.70. The molecule has 0 aliphatic rings. The number of hydrogen-bond acceptors (Lipinski definition) is 2. The lowest BCUT2D eigenvalue weighted by Gasteiger charge is -2.09. The first-order valence-electron chi connectivity index (χ1n) is 6.87. The fourth-order valence-electron chi connectivity index (χ4n) is 1.87. The Labute approximate surface area is 131 Å². The van der Waals surface area contributed by atoms with Crippen LogP contribution in [-0.4, -0.2) is 19.2 Å². The zero-order valence-corrected chi connectivity index (χ0v) is 12.1. The molecule has 0 aliphatic carbocycles. The van der Waals surface area contributed by atoms with Crippen LogP contribution >= 0.6 is 0 Å². The van der Waals surface area contributed by atoms with Gasteiger partial charge in [0, 0.05) is 12.2 Å². The Morgan fingerprint density at radius 1 is 1.04 bits per heavy atom. The second-order valence-electron chi connectivity index (χ2n) is 4.66. The molecule has 4 nitrogen and oxygen atoms in total. The molecule has 2 amide bonds. The van der Waals surface area contributed by atoms with Crippen molar-refractivity contribution < 1.29 is 22.7 Å². The van der Waals surface area contributed by atoms with Crippen LogP contribution in [0.2, 0.25) is 0 Å². The van der Waals surface area contributed by atoms with Crippen LogP contribution in [0.5, 0.6) is 5.75 Å². The third-order valence-corrected chi connectivity index (χ3v) is 2.95. The minimum Gasteiger partial charge on any atom is -0.435 e. The number of benzene rings is 2. The molecule has 0 bridgehead atoms. The van der Waals surface area contributed by atoms with Crippen molar-refractivity contribution in [2.24, 2.45) is 0 Å². The van der Waals surface area contributed by atoms with Gasteiger partial charge in [-0.15, -0.1) is 0 Å². The Morgan fingerprint density at radius 3 is 2.30 bits per heavy atom. The van der Waals surface area contributed by atoms with Crippen LogP contribution in [0.1, 0.15) is 5.56 Å². The fourth-order valence-corrected chi connectivity index (χ4v) is 1.87. The Balaban J connectivity index is 1.75. The van der Waals surface area contributed by atoms with E-state index < -0.39 is 12.6 Å². The number of halogens is 3. The third kappa shape index (κ3) is 5.90. The molecule has 2 aromatic rings. The molecule has 0 aromatic heterocycles. The van der Waals surface area contributed by atoms with Crippen LogP contribution < -0.4 is 15.4 Å². The highest BCUT2D eigenvalue weighted by atomic mass is 19.3. The smallest absolute Gasteiger partial charge is 0.387 e. The number of nitrogens with one attached hydrogen (secondary N) is 2. The van der Waals surface area contributed by atoms with Gasteiger partial charge in [0.1, 0.15) is 11.6 Å². The van der Waals surface area contributed by atoms with Gasteiger partial charge in [-0.3, -0.25) is 0 Å². The van der Waals surface area contributed by atoms with Gasteiger partial charge in [-0.2, -0.15) is 8.78 Å². The van der Waals surface area contributed by atoms with Gasteiger partial charge in [-0.05, 0) is 48.4 Å². The van der Waals surface area contributed by atoms with E-state index in [0.29, 0.717) is 18.7 Å². The first-order valence-corrected chi connectivity index (χ1v) is 6.87. The summed E-state index contributed by atoms with van der Waals surface area (Å²) in [5.74, 6) is -0.291. The Kier molecular flexibility index (Phi) is 5.85. The van der Waals surface area contributed by atoms with Crippen molar-refractivity contribution in [3.05, 3.63) is 59.9 Å². The zero-order chi connectivity index (χ0) is 16.7. The molecule has 0 heterocycles. The van der Waals surface area contributed by atoms with Crippen LogP contribution in [0.25, 0.3) is 0 Å². The molecule has 2 rings (SSSR count). The molecule has 0 aliphatic heterocycles. The third-order valence-electron chi connectivity index (χ3n) is 2.95. The van der Waals surface area contributed by atoms with Gasteiger partial charge in [0.15, 0.2) is 0 Å². The number of alkyl halides is 2. The maximum atomic E-state index is 12.7. The monoisotopic (exact) mass is 324 g/mol. The van der Waals surface area contributed by atoms with Gasteiger partial charge in [0.2, 0.25) is 0 Å². The molecular weight excluding hydrogens is 309 g/mol. The summed E-state index contributed by atoms with van der Waals surface area (Å²) in [6.07, 6.45) is 0.564. The normalized spacial score (nSPS) is 10.4. The second-order valence-corrected chi connectivity index (χ2v) is 4.66. The number of urea groups is 1. The minimum atomic E-state index is -2.89.